The maximum absolute atomic E-state index is 15.0. The number of hydrogen-bond donors (Lipinski definition) is 1. The summed E-state index contributed by atoms with van der Waals surface area (Å²) in [6, 6.07) is 20.9. The Morgan fingerprint density at radius 2 is 1.75 bits per heavy atom. The van der Waals surface area contributed by atoms with Crippen molar-refractivity contribution < 1.29 is 18.0 Å². The maximum atomic E-state index is 15.0. The van der Waals surface area contributed by atoms with Gasteiger partial charge in [0, 0.05) is 62.9 Å². The van der Waals surface area contributed by atoms with Crippen molar-refractivity contribution >= 4 is 71.8 Å². The minimum absolute atomic E-state index is 0.0117. The summed E-state index contributed by atoms with van der Waals surface area (Å²) in [7, 11) is -3.22. The molecule has 2 amide bonds. The van der Waals surface area contributed by atoms with Gasteiger partial charge in [0.05, 0.1) is 17.7 Å². The topological polar surface area (TPSA) is 90.6 Å². The summed E-state index contributed by atoms with van der Waals surface area (Å²) in [5, 5.41) is 1.01. The molecule has 3 heterocycles. The molecule has 6 rings (SSSR count). The maximum Gasteiger partial charge on any atom is 0.242 e. The summed E-state index contributed by atoms with van der Waals surface area (Å²) >= 11 is 11.3. The number of fused-ring (bicyclic) bond motifs is 1. The first kappa shape index (κ1) is 31.2. The number of amides is 2. The lowest BCUT2D eigenvalue weighted by molar-refractivity contribution is -0.135. The molecule has 44 heavy (non-hydrogen) atoms. The molecule has 7 nitrogen and oxygen atoms in total. The average Bonchev–Trinajstić information content (AvgIpc) is 3.52. The number of nitrogens with one attached hydrogen (secondary N) is 1. The van der Waals surface area contributed by atoms with Crippen LogP contribution >= 0.6 is 39.3 Å². The fraction of sp³-hybridized carbons (Fsp3) is 0.333. The first-order chi connectivity index (χ1) is 20.9. The van der Waals surface area contributed by atoms with Gasteiger partial charge in [-0.1, -0.05) is 63.4 Å². The highest BCUT2D eigenvalue weighted by atomic mass is 79.9. The normalized spacial score (nSPS) is 21.4. The number of aromatic amines is 1. The van der Waals surface area contributed by atoms with Crippen LogP contribution in [0.15, 0.2) is 82.3 Å². The van der Waals surface area contributed by atoms with Crippen molar-refractivity contribution in [1.82, 2.24) is 14.8 Å². The van der Waals surface area contributed by atoms with Gasteiger partial charge in [0.15, 0.2) is 0 Å². The third-order valence-corrected chi connectivity index (χ3v) is 12.6. The number of aryl methyl sites for hydroxylation is 1. The van der Waals surface area contributed by atoms with Crippen LogP contribution in [-0.4, -0.2) is 64.4 Å². The average molecular weight is 715 g/mol. The smallest absolute Gasteiger partial charge is 0.242 e. The predicted octanol–water partition coefficient (Wildman–Crippen LogP) is 6.93. The van der Waals surface area contributed by atoms with Crippen molar-refractivity contribution in [3.8, 4) is 0 Å². The Morgan fingerprint density at radius 3 is 2.41 bits per heavy atom. The minimum atomic E-state index is -3.22. The third-order valence-electron chi connectivity index (χ3n) is 8.74. The predicted molar refractivity (Wildman–Crippen MR) is 180 cm³/mol. The number of hydrogen-bond acceptors (Lipinski definition) is 5. The molecular weight excluding hydrogens is 682 g/mol. The molecule has 3 aromatic carbocycles. The monoisotopic (exact) mass is 713 g/mol. The summed E-state index contributed by atoms with van der Waals surface area (Å²) in [5.41, 5.74) is 3.72. The Hall–Kier alpha value is -2.79. The van der Waals surface area contributed by atoms with Crippen LogP contribution in [-0.2, 0) is 26.0 Å². The number of aromatic nitrogens is 1. The van der Waals surface area contributed by atoms with Gasteiger partial charge in [-0.05, 0) is 61.7 Å². The van der Waals surface area contributed by atoms with Gasteiger partial charge in [-0.2, -0.15) is 0 Å². The Morgan fingerprint density at radius 1 is 1.07 bits per heavy atom. The van der Waals surface area contributed by atoms with Crippen LogP contribution in [0, 0.1) is 6.92 Å². The van der Waals surface area contributed by atoms with Gasteiger partial charge >= 0.3 is 0 Å². The Bertz CT molecular complexity index is 1820. The third kappa shape index (κ3) is 6.06. The quantitative estimate of drug-likeness (QED) is 0.224. The van der Waals surface area contributed by atoms with Crippen LogP contribution in [0.5, 0.6) is 0 Å². The molecule has 0 saturated carbocycles. The Balaban J connectivity index is 1.49. The molecule has 2 saturated heterocycles. The number of piperidine rings is 1. The van der Waals surface area contributed by atoms with E-state index in [-0.39, 0.29) is 18.2 Å². The molecule has 0 bridgehead atoms. The van der Waals surface area contributed by atoms with Gasteiger partial charge in [-0.25, -0.2) is 8.42 Å². The highest BCUT2D eigenvalue weighted by Crippen LogP contribution is 2.55. The zero-order valence-electron chi connectivity index (χ0n) is 24.4. The number of H-pyrrole nitrogens is 1. The number of thioether (sulfide) groups is 1. The second-order valence-electron chi connectivity index (χ2n) is 11.8. The highest BCUT2D eigenvalue weighted by Gasteiger charge is 2.60. The van der Waals surface area contributed by atoms with Gasteiger partial charge < -0.3 is 14.8 Å². The van der Waals surface area contributed by atoms with Crippen LogP contribution in [0.4, 0.5) is 0 Å². The van der Waals surface area contributed by atoms with Gasteiger partial charge in [0.1, 0.15) is 14.6 Å². The molecular formula is C33H33BrClN3O4S2. The van der Waals surface area contributed by atoms with E-state index >= 15 is 0 Å². The summed E-state index contributed by atoms with van der Waals surface area (Å²) < 4.78 is 24.4. The van der Waals surface area contributed by atoms with Crippen molar-refractivity contribution in [1.29, 1.82) is 0 Å². The van der Waals surface area contributed by atoms with E-state index in [0.717, 1.165) is 37.0 Å². The number of nitrogens with zero attached hydrogens (tertiary/aromatic N) is 2. The van der Waals surface area contributed by atoms with Gasteiger partial charge in [0.2, 0.25) is 11.8 Å². The first-order valence-electron chi connectivity index (χ1n) is 14.5. The van der Waals surface area contributed by atoms with Crippen LogP contribution in [0.25, 0.3) is 10.9 Å². The van der Waals surface area contributed by atoms with E-state index in [4.69, 9.17) is 11.6 Å². The van der Waals surface area contributed by atoms with Crippen molar-refractivity contribution in [2.75, 3.05) is 19.3 Å². The number of sulfone groups is 1. The summed E-state index contributed by atoms with van der Waals surface area (Å²) in [4.78, 5) is 37.0. The standard InChI is InChI=1S/C33H33BrClN3O4S2/c1-21-3-10-25(11-4-21)43-33(32(40)37-15-13-26(14-16-37)44(2,41)42)18-30(39)38(20-22-5-7-23(34)8-6-22)31(33)28-19-36-29-17-24(35)9-12-27(28)29/h3-12,17,19,26,31,36H,13-16,18,20H2,1-2H3/t31-,33-/m0/s1. The highest BCUT2D eigenvalue weighted by molar-refractivity contribution is 9.10. The molecule has 4 aromatic rings. The number of benzene rings is 3. The lowest BCUT2D eigenvalue weighted by Crippen LogP contribution is -2.53. The molecule has 0 unspecified atom stereocenters. The lowest BCUT2D eigenvalue weighted by Gasteiger charge is -2.41. The molecule has 2 aliphatic heterocycles. The van der Waals surface area contributed by atoms with E-state index in [9.17, 15) is 18.0 Å². The number of halogens is 2. The molecule has 2 fully saturated rings. The molecule has 2 atom stereocenters. The second kappa shape index (κ2) is 12.2. The molecule has 1 N–H and O–H groups in total. The lowest BCUT2D eigenvalue weighted by atomic mass is 9.90. The van der Waals surface area contributed by atoms with Crippen LogP contribution < -0.4 is 0 Å². The zero-order chi connectivity index (χ0) is 31.2. The molecule has 2 aliphatic rings. The minimum Gasteiger partial charge on any atom is -0.361 e. The van der Waals surface area contributed by atoms with E-state index in [1.54, 1.807) is 4.90 Å². The van der Waals surface area contributed by atoms with Crippen molar-refractivity contribution in [3.05, 3.63) is 99.1 Å². The van der Waals surface area contributed by atoms with E-state index in [0.29, 0.717) is 37.5 Å². The largest absolute Gasteiger partial charge is 0.361 e. The zero-order valence-corrected chi connectivity index (χ0v) is 28.4. The number of carbonyl (C=O) groups excluding carboxylic acids is 2. The molecule has 0 radical (unpaired) electrons. The fourth-order valence-electron chi connectivity index (χ4n) is 6.45. The fourth-order valence-corrected chi connectivity index (χ4v) is 9.42. The molecule has 230 valence electrons. The van der Waals surface area contributed by atoms with Gasteiger partial charge in [0.25, 0.3) is 0 Å². The molecule has 0 spiro atoms. The summed E-state index contributed by atoms with van der Waals surface area (Å²) in [6.45, 7) is 2.99. The van der Waals surface area contributed by atoms with Crippen molar-refractivity contribution in [2.24, 2.45) is 0 Å². The second-order valence-corrected chi connectivity index (χ2v) is 16.9. The summed E-state index contributed by atoms with van der Waals surface area (Å²) in [6.07, 6.45) is 3.93. The van der Waals surface area contributed by atoms with Crippen LogP contribution in [0.2, 0.25) is 5.02 Å². The molecule has 0 aliphatic carbocycles. The first-order valence-corrected chi connectivity index (χ1v) is 18.4. The van der Waals surface area contributed by atoms with Crippen LogP contribution in [0.3, 0.4) is 0 Å². The van der Waals surface area contributed by atoms with E-state index in [2.05, 4.69) is 20.9 Å². The molecule has 11 heteroatoms. The summed E-state index contributed by atoms with van der Waals surface area (Å²) in [5.74, 6) is -0.254. The number of likely N-dealkylation sites (tertiary alicyclic amines) is 2. The van der Waals surface area contributed by atoms with Gasteiger partial charge in [-0.15, -0.1) is 11.8 Å². The van der Waals surface area contributed by atoms with Crippen molar-refractivity contribution in [2.45, 2.75) is 53.7 Å². The number of rotatable bonds is 7. The SMILES string of the molecule is Cc1ccc(S[C@@]2(C(=O)N3CCC(S(C)(=O)=O)CC3)CC(=O)N(Cc3ccc(Br)cc3)[C@H]2c2c[nH]c3cc(Cl)ccc23)cc1. The van der Waals surface area contributed by atoms with E-state index < -0.39 is 25.9 Å². The van der Waals surface area contributed by atoms with Gasteiger partial charge in [-0.3, -0.25) is 9.59 Å². The Labute approximate surface area is 275 Å². The Kier molecular flexibility index (Phi) is 8.65. The number of carbonyl (C=O) groups is 2. The van der Waals surface area contributed by atoms with E-state index in [1.807, 2.05) is 84.8 Å². The molecule has 1 aromatic heterocycles. The van der Waals surface area contributed by atoms with E-state index in [1.165, 1.54) is 18.0 Å². The van der Waals surface area contributed by atoms with Crippen molar-refractivity contribution in [3.63, 3.8) is 0 Å². The van der Waals surface area contributed by atoms with Crippen LogP contribution in [0.1, 0.15) is 42.0 Å².